The topological polar surface area (TPSA) is 41.6 Å². The summed E-state index contributed by atoms with van der Waals surface area (Å²) in [5.41, 5.74) is 1.45. The lowest BCUT2D eigenvalue weighted by Crippen LogP contribution is -1.96. The second-order valence-corrected chi connectivity index (χ2v) is 3.98. The molecule has 0 saturated carbocycles. The summed E-state index contributed by atoms with van der Waals surface area (Å²) in [6, 6.07) is 9.54. The number of hydrogen-bond acceptors (Lipinski definition) is 2. The molecule has 2 rings (SSSR count). The van der Waals surface area contributed by atoms with E-state index < -0.39 is 0 Å². The van der Waals surface area contributed by atoms with Crippen molar-refractivity contribution in [3.8, 4) is 11.8 Å². The van der Waals surface area contributed by atoms with Crippen LogP contribution in [-0.4, -0.2) is 9.78 Å². The van der Waals surface area contributed by atoms with Gasteiger partial charge < -0.3 is 0 Å². The lowest BCUT2D eigenvalue weighted by Gasteiger charge is -2.01. The van der Waals surface area contributed by atoms with Crippen molar-refractivity contribution in [1.82, 2.24) is 9.78 Å². The molecular formula is C10H6IN3. The minimum atomic E-state index is 0.631. The highest BCUT2D eigenvalue weighted by Gasteiger charge is 2.03. The Morgan fingerprint density at radius 2 is 2.14 bits per heavy atom. The molecule has 0 fully saturated rings. The van der Waals surface area contributed by atoms with Crippen LogP contribution in [0.3, 0.4) is 0 Å². The second-order valence-electron chi connectivity index (χ2n) is 2.73. The number of hydrogen-bond donors (Lipinski definition) is 0. The van der Waals surface area contributed by atoms with E-state index in [-0.39, 0.29) is 0 Å². The summed E-state index contributed by atoms with van der Waals surface area (Å²) in [7, 11) is 0. The quantitative estimate of drug-likeness (QED) is 0.758. The molecule has 0 saturated heterocycles. The maximum Gasteiger partial charge on any atom is 0.101 e. The molecule has 0 N–H and O–H groups in total. The largest absolute Gasteiger partial charge is 0.239 e. The third-order valence-corrected chi connectivity index (χ3v) is 2.38. The third-order valence-electron chi connectivity index (χ3n) is 1.82. The van der Waals surface area contributed by atoms with Crippen molar-refractivity contribution in [2.24, 2.45) is 0 Å². The van der Waals surface area contributed by atoms with Crippen LogP contribution in [0, 0.1) is 14.9 Å². The summed E-state index contributed by atoms with van der Waals surface area (Å²) in [4.78, 5) is 0. The standard InChI is InChI=1S/C10H6IN3/c11-9-6-13-14(7-9)10-4-2-1-3-8(10)5-12/h1-4,6-7H. The van der Waals surface area contributed by atoms with E-state index in [0.29, 0.717) is 5.56 Å². The van der Waals surface area contributed by atoms with Crippen LogP contribution in [0.4, 0.5) is 0 Å². The number of nitrogens with zero attached hydrogens (tertiary/aromatic N) is 3. The van der Waals surface area contributed by atoms with Crippen LogP contribution in [0.5, 0.6) is 0 Å². The third kappa shape index (κ3) is 1.63. The molecular weight excluding hydrogens is 289 g/mol. The van der Waals surface area contributed by atoms with Crippen molar-refractivity contribution < 1.29 is 0 Å². The van der Waals surface area contributed by atoms with Gasteiger partial charge in [0.25, 0.3) is 0 Å². The summed E-state index contributed by atoms with van der Waals surface area (Å²) in [5.74, 6) is 0. The average Bonchev–Trinajstić information content (AvgIpc) is 2.65. The van der Waals surface area contributed by atoms with Gasteiger partial charge >= 0.3 is 0 Å². The Bertz CT molecular complexity index is 496. The predicted molar refractivity (Wildman–Crippen MR) is 61.0 cm³/mol. The van der Waals surface area contributed by atoms with Crippen molar-refractivity contribution in [3.05, 3.63) is 45.8 Å². The molecule has 1 aromatic carbocycles. The first kappa shape index (κ1) is 9.21. The molecule has 1 heterocycles. The van der Waals surface area contributed by atoms with E-state index in [9.17, 15) is 0 Å². The van der Waals surface area contributed by atoms with Gasteiger partial charge in [0.15, 0.2) is 0 Å². The van der Waals surface area contributed by atoms with Gasteiger partial charge in [-0.3, -0.25) is 0 Å². The minimum absolute atomic E-state index is 0.631. The Balaban J connectivity index is 2.57. The van der Waals surface area contributed by atoms with Gasteiger partial charge in [-0.1, -0.05) is 12.1 Å². The number of nitriles is 1. The van der Waals surface area contributed by atoms with Crippen LogP contribution < -0.4 is 0 Å². The molecule has 0 aliphatic carbocycles. The Hall–Kier alpha value is -1.35. The van der Waals surface area contributed by atoms with Crippen LogP contribution in [-0.2, 0) is 0 Å². The Kier molecular flexibility index (Phi) is 2.50. The van der Waals surface area contributed by atoms with Crippen molar-refractivity contribution in [1.29, 1.82) is 5.26 Å². The summed E-state index contributed by atoms with van der Waals surface area (Å²) in [5, 5.41) is 13.0. The fourth-order valence-electron chi connectivity index (χ4n) is 1.20. The summed E-state index contributed by atoms with van der Waals surface area (Å²) in [6.45, 7) is 0. The monoisotopic (exact) mass is 295 g/mol. The molecule has 4 heteroatoms. The van der Waals surface area contributed by atoms with E-state index in [1.54, 1.807) is 16.9 Å². The maximum absolute atomic E-state index is 8.89. The number of halogens is 1. The van der Waals surface area contributed by atoms with Crippen LogP contribution in [0.15, 0.2) is 36.7 Å². The molecule has 0 bridgehead atoms. The molecule has 0 aliphatic heterocycles. The molecule has 0 unspecified atom stereocenters. The van der Waals surface area contributed by atoms with Gasteiger partial charge in [0, 0.05) is 6.20 Å². The van der Waals surface area contributed by atoms with Crippen molar-refractivity contribution in [2.45, 2.75) is 0 Å². The first-order valence-corrected chi connectivity index (χ1v) is 5.09. The van der Waals surface area contributed by atoms with Crippen LogP contribution in [0.2, 0.25) is 0 Å². The first-order chi connectivity index (χ1) is 6.81. The highest BCUT2D eigenvalue weighted by atomic mass is 127. The zero-order valence-corrected chi connectivity index (χ0v) is 9.34. The van der Waals surface area contributed by atoms with E-state index in [1.165, 1.54) is 0 Å². The molecule has 68 valence electrons. The number of rotatable bonds is 1. The van der Waals surface area contributed by atoms with Gasteiger partial charge in [-0.2, -0.15) is 10.4 Å². The molecule has 0 amide bonds. The van der Waals surface area contributed by atoms with Gasteiger partial charge in [-0.05, 0) is 34.7 Å². The van der Waals surface area contributed by atoms with Gasteiger partial charge in [-0.15, -0.1) is 0 Å². The Morgan fingerprint density at radius 3 is 2.79 bits per heavy atom. The van der Waals surface area contributed by atoms with Gasteiger partial charge in [0.2, 0.25) is 0 Å². The van der Waals surface area contributed by atoms with E-state index in [2.05, 4.69) is 33.8 Å². The molecule has 0 radical (unpaired) electrons. The normalized spacial score (nSPS) is 9.71. The van der Waals surface area contributed by atoms with Gasteiger partial charge in [-0.25, -0.2) is 4.68 Å². The van der Waals surface area contributed by atoms with E-state index in [0.717, 1.165) is 9.26 Å². The van der Waals surface area contributed by atoms with Gasteiger partial charge in [0.1, 0.15) is 6.07 Å². The second kappa shape index (κ2) is 3.80. The van der Waals surface area contributed by atoms with E-state index in [4.69, 9.17) is 5.26 Å². The molecule has 2 aromatic rings. The van der Waals surface area contributed by atoms with Crippen LogP contribution in [0.1, 0.15) is 5.56 Å². The van der Waals surface area contributed by atoms with Crippen molar-refractivity contribution >= 4 is 22.6 Å². The number of benzene rings is 1. The van der Waals surface area contributed by atoms with Crippen LogP contribution in [0.25, 0.3) is 5.69 Å². The van der Waals surface area contributed by atoms with E-state index >= 15 is 0 Å². The Morgan fingerprint density at radius 1 is 1.36 bits per heavy atom. The van der Waals surface area contributed by atoms with Crippen molar-refractivity contribution in [2.75, 3.05) is 0 Å². The van der Waals surface area contributed by atoms with Crippen LogP contribution >= 0.6 is 22.6 Å². The minimum Gasteiger partial charge on any atom is -0.239 e. The molecule has 3 nitrogen and oxygen atoms in total. The molecule has 1 aromatic heterocycles. The summed E-state index contributed by atoms with van der Waals surface area (Å²) >= 11 is 2.18. The lowest BCUT2D eigenvalue weighted by molar-refractivity contribution is 0.877. The summed E-state index contributed by atoms with van der Waals surface area (Å²) < 4.78 is 2.76. The highest BCUT2D eigenvalue weighted by molar-refractivity contribution is 14.1. The number of aromatic nitrogens is 2. The summed E-state index contributed by atoms with van der Waals surface area (Å²) in [6.07, 6.45) is 3.64. The zero-order valence-electron chi connectivity index (χ0n) is 7.18. The highest BCUT2D eigenvalue weighted by Crippen LogP contribution is 2.13. The molecule has 0 aliphatic rings. The van der Waals surface area contributed by atoms with Crippen molar-refractivity contribution in [3.63, 3.8) is 0 Å². The molecule has 0 spiro atoms. The smallest absolute Gasteiger partial charge is 0.101 e. The first-order valence-electron chi connectivity index (χ1n) is 4.01. The fraction of sp³-hybridized carbons (Fsp3) is 0. The van der Waals surface area contributed by atoms with E-state index in [1.807, 2.05) is 24.4 Å². The SMILES string of the molecule is N#Cc1ccccc1-n1cc(I)cn1. The zero-order chi connectivity index (χ0) is 9.97. The molecule has 0 atom stereocenters. The molecule has 14 heavy (non-hydrogen) atoms. The Labute approximate surface area is 95.1 Å². The lowest BCUT2D eigenvalue weighted by atomic mass is 10.2. The fourth-order valence-corrected chi connectivity index (χ4v) is 1.59. The predicted octanol–water partition coefficient (Wildman–Crippen LogP) is 2.35. The average molecular weight is 295 g/mol. The number of para-hydroxylation sites is 1. The van der Waals surface area contributed by atoms with Gasteiger partial charge in [0.05, 0.1) is 21.0 Å². The maximum atomic E-state index is 8.89.